The monoisotopic (exact) mass is 768 g/mol. The largest absolute Gasteiger partial charge is 0.309 e. The average molecular weight is 769 g/mol. The van der Waals surface area contributed by atoms with E-state index in [0.717, 1.165) is 22.7 Å². The molecule has 12 aromatic rings. The first-order valence-electron chi connectivity index (χ1n) is 20.2. The maximum atomic E-state index is 2.47. The molecule has 276 valence electrons. The maximum absolute atomic E-state index is 2.47. The predicted octanol–water partition coefficient (Wildman–Crippen LogP) is 16.3. The third-order valence-electron chi connectivity index (χ3n) is 12.0. The van der Waals surface area contributed by atoms with Crippen LogP contribution in [0.15, 0.2) is 218 Å². The number of rotatable bonds is 6. The summed E-state index contributed by atoms with van der Waals surface area (Å²) in [6.45, 7) is 0. The SMILES string of the molecule is c1ccc(-c2ccccc2-c2ccc(N(c3ccc4c5c6ccccc6ccc5n(-c5ccccc5)c4c3)c3cccc4c3sc3ccc5ccccc5c34)cc2)cc1. The van der Waals surface area contributed by atoms with Gasteiger partial charge >= 0.3 is 0 Å². The zero-order valence-electron chi connectivity index (χ0n) is 32.1. The summed E-state index contributed by atoms with van der Waals surface area (Å²) in [6, 6.07) is 79.9. The maximum Gasteiger partial charge on any atom is 0.0640 e. The zero-order chi connectivity index (χ0) is 38.9. The normalized spacial score (nSPS) is 11.7. The Labute approximate surface area is 346 Å². The minimum atomic E-state index is 1.10. The van der Waals surface area contributed by atoms with E-state index < -0.39 is 0 Å². The number of para-hydroxylation sites is 1. The summed E-state index contributed by atoms with van der Waals surface area (Å²) in [4.78, 5) is 2.47. The molecule has 3 heteroatoms. The molecule has 0 amide bonds. The van der Waals surface area contributed by atoms with Gasteiger partial charge in [-0.25, -0.2) is 0 Å². The first kappa shape index (κ1) is 33.7. The van der Waals surface area contributed by atoms with Crippen molar-refractivity contribution in [2.24, 2.45) is 0 Å². The fourth-order valence-electron chi connectivity index (χ4n) is 9.32. The van der Waals surface area contributed by atoms with E-state index in [-0.39, 0.29) is 0 Å². The Balaban J connectivity index is 1.11. The minimum Gasteiger partial charge on any atom is -0.309 e. The van der Waals surface area contributed by atoms with Crippen molar-refractivity contribution in [2.45, 2.75) is 0 Å². The molecule has 0 bridgehead atoms. The van der Waals surface area contributed by atoms with Gasteiger partial charge in [0, 0.05) is 43.3 Å². The molecule has 12 rings (SSSR count). The van der Waals surface area contributed by atoms with E-state index in [2.05, 4.69) is 228 Å². The Morgan fingerprint density at radius 3 is 1.71 bits per heavy atom. The van der Waals surface area contributed by atoms with Crippen molar-refractivity contribution >= 4 is 91.9 Å². The summed E-state index contributed by atoms with van der Waals surface area (Å²) < 4.78 is 5.01. The summed E-state index contributed by atoms with van der Waals surface area (Å²) in [5.74, 6) is 0. The number of fused-ring (bicyclic) bond motifs is 10. The van der Waals surface area contributed by atoms with Gasteiger partial charge in [-0.05, 0) is 98.4 Å². The van der Waals surface area contributed by atoms with E-state index in [0.29, 0.717) is 0 Å². The number of thiophene rings is 1. The molecule has 0 aliphatic heterocycles. The third-order valence-corrected chi connectivity index (χ3v) is 13.2. The van der Waals surface area contributed by atoms with E-state index >= 15 is 0 Å². The number of nitrogens with zero attached hydrogens (tertiary/aromatic N) is 2. The van der Waals surface area contributed by atoms with E-state index in [1.165, 1.54) is 85.8 Å². The molecule has 0 N–H and O–H groups in total. The minimum absolute atomic E-state index is 1.10. The Kier molecular flexibility index (Phi) is 7.75. The molecule has 0 atom stereocenters. The first-order chi connectivity index (χ1) is 29.3. The Morgan fingerprint density at radius 2 is 0.966 bits per heavy atom. The molecule has 10 aromatic carbocycles. The van der Waals surface area contributed by atoms with Crippen LogP contribution in [0.3, 0.4) is 0 Å². The molecular formula is C56H36N2S. The average Bonchev–Trinajstić information content (AvgIpc) is 3.87. The fourth-order valence-corrected chi connectivity index (χ4v) is 10.5. The number of aromatic nitrogens is 1. The van der Waals surface area contributed by atoms with Gasteiger partial charge < -0.3 is 9.47 Å². The smallest absolute Gasteiger partial charge is 0.0640 e. The molecule has 0 saturated carbocycles. The molecular weight excluding hydrogens is 733 g/mol. The van der Waals surface area contributed by atoms with Gasteiger partial charge in [0.25, 0.3) is 0 Å². The molecule has 2 aromatic heterocycles. The van der Waals surface area contributed by atoms with Gasteiger partial charge in [-0.3, -0.25) is 0 Å². The third kappa shape index (κ3) is 5.40. The van der Waals surface area contributed by atoms with Gasteiger partial charge in [0.1, 0.15) is 0 Å². The number of hydrogen-bond acceptors (Lipinski definition) is 2. The molecule has 0 aliphatic carbocycles. The molecule has 2 nitrogen and oxygen atoms in total. The van der Waals surface area contributed by atoms with E-state index in [1.807, 2.05) is 11.3 Å². The molecule has 0 spiro atoms. The molecule has 0 fully saturated rings. The lowest BCUT2D eigenvalue weighted by Crippen LogP contribution is -2.10. The van der Waals surface area contributed by atoms with Crippen LogP contribution >= 0.6 is 11.3 Å². The van der Waals surface area contributed by atoms with Crippen LogP contribution in [0.5, 0.6) is 0 Å². The van der Waals surface area contributed by atoms with Crippen molar-refractivity contribution in [1.29, 1.82) is 0 Å². The van der Waals surface area contributed by atoms with Crippen molar-refractivity contribution < 1.29 is 0 Å². The van der Waals surface area contributed by atoms with Crippen LogP contribution in [0.25, 0.3) is 91.5 Å². The number of benzene rings is 10. The van der Waals surface area contributed by atoms with Gasteiger partial charge in [0.15, 0.2) is 0 Å². The molecule has 0 radical (unpaired) electrons. The summed E-state index contributed by atoms with van der Waals surface area (Å²) in [6.07, 6.45) is 0. The summed E-state index contributed by atoms with van der Waals surface area (Å²) in [5.41, 5.74) is 11.7. The summed E-state index contributed by atoms with van der Waals surface area (Å²) >= 11 is 1.88. The van der Waals surface area contributed by atoms with E-state index in [9.17, 15) is 0 Å². The number of hydrogen-bond donors (Lipinski definition) is 0. The van der Waals surface area contributed by atoms with Crippen LogP contribution in [0.1, 0.15) is 0 Å². The van der Waals surface area contributed by atoms with Crippen LogP contribution in [0.2, 0.25) is 0 Å². The lowest BCUT2D eigenvalue weighted by atomic mass is 9.94. The first-order valence-corrected chi connectivity index (χ1v) is 21.0. The standard InChI is InChI=1S/C56H36N2S/c1-3-14-37(15-4-1)44-20-11-12-21-45(44)40-26-30-42(31-27-40)57(51-25-13-24-49-55-47-23-10-8-17-39(47)29-35-53(55)59-56(49)51)43-32-33-48-52(36-43)58(41-18-5-2-6-19-41)50-34-28-38-16-7-9-22-46(38)54(48)50/h1-36H. The fraction of sp³-hybridized carbons (Fsp3) is 0. The molecule has 0 saturated heterocycles. The van der Waals surface area contributed by atoms with Crippen molar-refractivity contribution in [3.63, 3.8) is 0 Å². The quantitative estimate of drug-likeness (QED) is 0.164. The highest BCUT2D eigenvalue weighted by Crippen LogP contribution is 2.48. The van der Waals surface area contributed by atoms with Gasteiger partial charge in [0.05, 0.1) is 21.4 Å². The second kappa shape index (κ2) is 13.6. The van der Waals surface area contributed by atoms with Crippen molar-refractivity contribution in [3.8, 4) is 27.9 Å². The van der Waals surface area contributed by atoms with Gasteiger partial charge in [-0.1, -0.05) is 164 Å². The molecule has 0 unspecified atom stereocenters. The van der Waals surface area contributed by atoms with Crippen LogP contribution in [-0.2, 0) is 0 Å². The molecule has 59 heavy (non-hydrogen) atoms. The van der Waals surface area contributed by atoms with Gasteiger partial charge in [-0.2, -0.15) is 0 Å². The van der Waals surface area contributed by atoms with Gasteiger partial charge in [-0.15, -0.1) is 11.3 Å². The highest BCUT2D eigenvalue weighted by atomic mass is 32.1. The highest BCUT2D eigenvalue weighted by Gasteiger charge is 2.22. The van der Waals surface area contributed by atoms with E-state index in [4.69, 9.17) is 0 Å². The lowest BCUT2D eigenvalue weighted by molar-refractivity contribution is 1.18. The van der Waals surface area contributed by atoms with Gasteiger partial charge in [0.2, 0.25) is 0 Å². The van der Waals surface area contributed by atoms with E-state index in [1.54, 1.807) is 0 Å². The van der Waals surface area contributed by atoms with Crippen LogP contribution < -0.4 is 4.90 Å². The Morgan fingerprint density at radius 1 is 0.373 bits per heavy atom. The lowest BCUT2D eigenvalue weighted by Gasteiger charge is -2.27. The van der Waals surface area contributed by atoms with Crippen molar-refractivity contribution in [3.05, 3.63) is 218 Å². The topological polar surface area (TPSA) is 8.17 Å². The number of anilines is 3. The Bertz CT molecular complexity index is 3540. The zero-order valence-corrected chi connectivity index (χ0v) is 32.9. The second-order valence-corrected chi connectivity index (χ2v) is 16.3. The molecule has 0 aliphatic rings. The van der Waals surface area contributed by atoms with Crippen molar-refractivity contribution in [1.82, 2.24) is 4.57 Å². The molecule has 2 heterocycles. The van der Waals surface area contributed by atoms with Crippen LogP contribution in [0.4, 0.5) is 17.1 Å². The summed E-state index contributed by atoms with van der Waals surface area (Å²) in [5, 5.41) is 10.2. The Hall–Kier alpha value is -7.46. The second-order valence-electron chi connectivity index (χ2n) is 15.3. The highest BCUT2D eigenvalue weighted by molar-refractivity contribution is 7.26. The van der Waals surface area contributed by atoms with Crippen LogP contribution in [0, 0.1) is 0 Å². The van der Waals surface area contributed by atoms with Crippen LogP contribution in [-0.4, -0.2) is 4.57 Å². The van der Waals surface area contributed by atoms with Crippen molar-refractivity contribution in [2.75, 3.05) is 4.90 Å². The predicted molar refractivity (Wildman–Crippen MR) is 254 cm³/mol. The summed E-state index contributed by atoms with van der Waals surface area (Å²) in [7, 11) is 0.